The lowest BCUT2D eigenvalue weighted by Gasteiger charge is -2.31. The van der Waals surface area contributed by atoms with Gasteiger partial charge < -0.3 is 26.0 Å². The van der Waals surface area contributed by atoms with Gasteiger partial charge in [-0.25, -0.2) is 4.98 Å². The fraction of sp³-hybridized carbons (Fsp3) is 0.286. The van der Waals surface area contributed by atoms with E-state index in [-0.39, 0.29) is 30.2 Å². The zero-order valence-electron chi connectivity index (χ0n) is 21.5. The van der Waals surface area contributed by atoms with Crippen LogP contribution in [0, 0.1) is 0 Å². The van der Waals surface area contributed by atoms with Crippen molar-refractivity contribution < 1.29 is 19.4 Å². The lowest BCUT2D eigenvalue weighted by molar-refractivity contribution is 0.104. The molecule has 5 N–H and O–H groups in total. The number of ether oxygens (including phenoxy) is 2. The zero-order valence-corrected chi connectivity index (χ0v) is 21.5. The standard InChI is InChI=1S/C28H32N6O4/c1-37-25-15-18(13-20-16-31-28(30)33-27(20)29)14-22(26(25)38-2)24(36)10-11-34-23(9-5-6-12-35)21-8-4-3-7-19(21)17-32-34/h3-4,7-8,10-11,14-17,23,35H,5-6,9,12-13H2,1-2H3,(H4,29,30,31,33). The summed E-state index contributed by atoms with van der Waals surface area (Å²) in [6.07, 6.45) is 9.20. The van der Waals surface area contributed by atoms with E-state index in [2.05, 4.69) is 21.1 Å². The Bertz CT molecular complexity index is 1360. The number of aromatic nitrogens is 2. The molecule has 10 heteroatoms. The molecule has 0 spiro atoms. The van der Waals surface area contributed by atoms with Gasteiger partial charge in [-0.15, -0.1) is 0 Å². The van der Waals surface area contributed by atoms with Gasteiger partial charge in [-0.05, 0) is 48.1 Å². The minimum Gasteiger partial charge on any atom is -0.493 e. The molecular weight excluding hydrogens is 484 g/mol. The number of methoxy groups -OCH3 is 2. The van der Waals surface area contributed by atoms with Crippen molar-refractivity contribution in [2.24, 2.45) is 5.10 Å². The highest BCUT2D eigenvalue weighted by atomic mass is 16.5. The molecule has 1 aliphatic rings. The van der Waals surface area contributed by atoms with Gasteiger partial charge in [0.2, 0.25) is 5.95 Å². The number of carbonyl (C=O) groups is 1. The van der Waals surface area contributed by atoms with Crippen LogP contribution < -0.4 is 20.9 Å². The van der Waals surface area contributed by atoms with Gasteiger partial charge in [-0.3, -0.25) is 9.80 Å². The fourth-order valence-electron chi connectivity index (χ4n) is 4.49. The van der Waals surface area contributed by atoms with Crippen LogP contribution in [0.4, 0.5) is 11.8 Å². The van der Waals surface area contributed by atoms with Crippen LogP contribution in [0.25, 0.3) is 0 Å². The quantitative estimate of drug-likeness (QED) is 0.198. The number of nitrogen functional groups attached to an aromatic ring is 2. The van der Waals surface area contributed by atoms with Crippen LogP contribution in [0.5, 0.6) is 11.5 Å². The van der Waals surface area contributed by atoms with Crippen molar-refractivity contribution in [2.75, 3.05) is 32.3 Å². The van der Waals surface area contributed by atoms with Crippen molar-refractivity contribution in [2.45, 2.75) is 31.7 Å². The van der Waals surface area contributed by atoms with Crippen LogP contribution >= 0.6 is 0 Å². The van der Waals surface area contributed by atoms with Gasteiger partial charge in [0.15, 0.2) is 17.3 Å². The van der Waals surface area contributed by atoms with E-state index < -0.39 is 0 Å². The average molecular weight is 517 g/mol. The summed E-state index contributed by atoms with van der Waals surface area (Å²) in [5.74, 6) is 0.849. The lowest BCUT2D eigenvalue weighted by Crippen LogP contribution is -2.24. The number of nitrogens with two attached hydrogens (primary N) is 2. The third kappa shape index (κ3) is 5.92. The number of benzene rings is 2. The third-order valence-corrected chi connectivity index (χ3v) is 6.38. The molecule has 0 bridgehead atoms. The van der Waals surface area contributed by atoms with E-state index in [9.17, 15) is 9.90 Å². The van der Waals surface area contributed by atoms with E-state index in [0.717, 1.165) is 29.5 Å². The summed E-state index contributed by atoms with van der Waals surface area (Å²) in [5, 5.41) is 15.6. The number of carbonyl (C=O) groups excluding carboxylic acids is 1. The Kier molecular flexibility index (Phi) is 8.55. The minimum absolute atomic E-state index is 0.0527. The SMILES string of the molecule is COc1cc(Cc2cnc(N)nc2N)cc(C(=O)C=CN2N=Cc3ccccc3C2CCCCO)c1OC. The molecule has 0 aliphatic carbocycles. The summed E-state index contributed by atoms with van der Waals surface area (Å²) in [7, 11) is 3.01. The molecule has 0 saturated heterocycles. The molecular formula is C28H32N6O4. The highest BCUT2D eigenvalue weighted by molar-refractivity contribution is 6.07. The molecule has 0 amide bonds. The number of fused-ring (bicyclic) bond motifs is 1. The van der Waals surface area contributed by atoms with Crippen LogP contribution in [0.1, 0.15) is 57.9 Å². The van der Waals surface area contributed by atoms with E-state index >= 15 is 0 Å². The van der Waals surface area contributed by atoms with E-state index in [1.807, 2.05) is 18.2 Å². The zero-order chi connectivity index (χ0) is 27.1. The van der Waals surface area contributed by atoms with Crippen LogP contribution in [-0.2, 0) is 6.42 Å². The van der Waals surface area contributed by atoms with Crippen molar-refractivity contribution >= 4 is 23.8 Å². The Morgan fingerprint density at radius 2 is 1.97 bits per heavy atom. The number of nitrogens with zero attached hydrogens (tertiary/aromatic N) is 4. The fourth-order valence-corrected chi connectivity index (χ4v) is 4.49. The molecule has 38 heavy (non-hydrogen) atoms. The van der Waals surface area contributed by atoms with Crippen molar-refractivity contribution in [1.82, 2.24) is 15.0 Å². The normalized spacial score (nSPS) is 14.5. The maximum atomic E-state index is 13.5. The van der Waals surface area contributed by atoms with Crippen molar-refractivity contribution in [3.63, 3.8) is 0 Å². The van der Waals surface area contributed by atoms with Gasteiger partial charge in [0, 0.05) is 37.1 Å². The predicted molar refractivity (Wildman–Crippen MR) is 146 cm³/mol. The second-order valence-corrected chi connectivity index (χ2v) is 8.86. The second-order valence-electron chi connectivity index (χ2n) is 8.86. The monoisotopic (exact) mass is 516 g/mol. The Morgan fingerprint density at radius 3 is 2.71 bits per heavy atom. The molecule has 1 atom stereocenters. The lowest BCUT2D eigenvalue weighted by atomic mass is 9.95. The number of unbranched alkanes of at least 4 members (excludes halogenated alkanes) is 1. The molecule has 0 radical (unpaired) electrons. The molecule has 0 saturated carbocycles. The van der Waals surface area contributed by atoms with Gasteiger partial charge in [-0.1, -0.05) is 24.3 Å². The summed E-state index contributed by atoms with van der Waals surface area (Å²) in [6, 6.07) is 11.5. The highest BCUT2D eigenvalue weighted by Gasteiger charge is 2.24. The number of aliphatic hydroxyl groups excluding tert-OH is 1. The predicted octanol–water partition coefficient (Wildman–Crippen LogP) is 3.50. The van der Waals surface area contributed by atoms with Crippen LogP contribution in [-0.4, -0.2) is 52.9 Å². The maximum Gasteiger partial charge on any atom is 0.221 e. The number of hydrazone groups is 1. The first-order chi connectivity index (χ1) is 18.4. The van der Waals surface area contributed by atoms with Gasteiger partial charge in [0.1, 0.15) is 5.82 Å². The summed E-state index contributed by atoms with van der Waals surface area (Å²) in [5.41, 5.74) is 15.6. The third-order valence-electron chi connectivity index (χ3n) is 6.38. The van der Waals surface area contributed by atoms with Gasteiger partial charge in [-0.2, -0.15) is 10.1 Å². The molecule has 0 fully saturated rings. The van der Waals surface area contributed by atoms with E-state index in [0.29, 0.717) is 35.5 Å². The number of hydrogen-bond donors (Lipinski definition) is 3. The van der Waals surface area contributed by atoms with Gasteiger partial charge in [0.05, 0.1) is 32.0 Å². The molecule has 4 rings (SSSR count). The Labute approximate surface area is 221 Å². The highest BCUT2D eigenvalue weighted by Crippen LogP contribution is 2.35. The molecule has 3 aromatic rings. The number of anilines is 2. The Balaban J connectivity index is 1.63. The first-order valence-corrected chi connectivity index (χ1v) is 12.3. The van der Waals surface area contributed by atoms with E-state index in [4.69, 9.17) is 20.9 Å². The Hall–Kier alpha value is -4.44. The van der Waals surface area contributed by atoms with Crippen molar-refractivity contribution in [3.8, 4) is 11.5 Å². The maximum absolute atomic E-state index is 13.5. The molecule has 1 unspecified atom stereocenters. The van der Waals surface area contributed by atoms with Gasteiger partial charge >= 0.3 is 0 Å². The summed E-state index contributed by atoms with van der Waals surface area (Å²) < 4.78 is 11.1. The van der Waals surface area contributed by atoms with Crippen LogP contribution in [0.15, 0.2) is 60.0 Å². The van der Waals surface area contributed by atoms with Crippen LogP contribution in [0.3, 0.4) is 0 Å². The summed E-state index contributed by atoms with van der Waals surface area (Å²) >= 11 is 0. The smallest absolute Gasteiger partial charge is 0.221 e. The number of hydrogen-bond acceptors (Lipinski definition) is 10. The van der Waals surface area contributed by atoms with E-state index in [1.165, 1.54) is 20.3 Å². The number of aliphatic hydroxyl groups is 1. The molecule has 1 aliphatic heterocycles. The van der Waals surface area contributed by atoms with Gasteiger partial charge in [0.25, 0.3) is 0 Å². The summed E-state index contributed by atoms with van der Waals surface area (Å²) in [6.45, 7) is 0.137. The number of allylic oxidation sites excluding steroid dienone is 1. The molecule has 10 nitrogen and oxygen atoms in total. The van der Waals surface area contributed by atoms with Crippen LogP contribution in [0.2, 0.25) is 0 Å². The average Bonchev–Trinajstić information content (AvgIpc) is 2.93. The molecule has 1 aromatic heterocycles. The minimum atomic E-state index is -0.272. The Morgan fingerprint density at radius 1 is 1.16 bits per heavy atom. The largest absolute Gasteiger partial charge is 0.493 e. The molecule has 2 heterocycles. The topological polar surface area (TPSA) is 149 Å². The molecule has 198 valence electrons. The molecule has 2 aromatic carbocycles. The van der Waals surface area contributed by atoms with E-state index in [1.54, 1.807) is 35.8 Å². The van der Waals surface area contributed by atoms with Crippen molar-refractivity contribution in [1.29, 1.82) is 0 Å². The second kappa shape index (κ2) is 12.2. The first kappa shape index (κ1) is 26.6. The number of rotatable bonds is 11. The first-order valence-electron chi connectivity index (χ1n) is 12.3. The summed E-state index contributed by atoms with van der Waals surface area (Å²) in [4.78, 5) is 21.5. The van der Waals surface area contributed by atoms with Crippen molar-refractivity contribution in [3.05, 3.63) is 82.7 Å². The number of ketones is 1.